The van der Waals surface area contributed by atoms with Crippen molar-refractivity contribution in [1.82, 2.24) is 24.6 Å². The fourth-order valence-electron chi connectivity index (χ4n) is 4.72. The maximum Gasteiger partial charge on any atom is 0.254 e. The van der Waals surface area contributed by atoms with E-state index in [0.29, 0.717) is 30.8 Å². The topological polar surface area (TPSA) is 67.4 Å². The van der Waals surface area contributed by atoms with Gasteiger partial charge in [0.25, 0.3) is 5.91 Å². The summed E-state index contributed by atoms with van der Waals surface area (Å²) in [5.74, 6) is 0.827. The minimum atomic E-state index is 0.0371. The first-order valence-electron chi connectivity index (χ1n) is 12.2. The number of carbonyl (C=O) groups is 1. The zero-order chi connectivity index (χ0) is 24.3. The second-order valence-corrected chi connectivity index (χ2v) is 10.0. The van der Waals surface area contributed by atoms with Crippen LogP contribution < -0.4 is 0 Å². The van der Waals surface area contributed by atoms with Gasteiger partial charge in [0, 0.05) is 43.2 Å². The van der Waals surface area contributed by atoms with Crippen LogP contribution in [0.15, 0.2) is 82.9 Å². The van der Waals surface area contributed by atoms with Gasteiger partial charge in [-0.2, -0.15) is 5.10 Å². The van der Waals surface area contributed by atoms with Gasteiger partial charge in [0.1, 0.15) is 12.3 Å². The molecule has 0 bridgehead atoms. The summed E-state index contributed by atoms with van der Waals surface area (Å²) >= 11 is 1.81. The normalized spacial score (nSPS) is 14.5. The van der Waals surface area contributed by atoms with Gasteiger partial charge in [-0.25, -0.2) is 9.67 Å². The number of benzene rings is 1. The van der Waals surface area contributed by atoms with Crippen molar-refractivity contribution >= 4 is 28.3 Å². The van der Waals surface area contributed by atoms with E-state index in [0.717, 1.165) is 48.5 Å². The Morgan fingerprint density at radius 2 is 1.86 bits per heavy atom. The SMILES string of the molecule is O=C(c1cc(-c2ccccc2)nc2c1cnn2Cc1ccco1)N1CCN(CCc2cccs2)CC1. The predicted octanol–water partition coefficient (Wildman–Crippen LogP) is 4.80. The third-order valence-electron chi connectivity index (χ3n) is 6.71. The molecule has 0 spiro atoms. The molecule has 4 aromatic heterocycles. The third kappa shape index (κ3) is 4.69. The Morgan fingerprint density at radius 3 is 2.61 bits per heavy atom. The van der Waals surface area contributed by atoms with Crippen molar-refractivity contribution in [2.45, 2.75) is 13.0 Å². The molecule has 7 nitrogen and oxygen atoms in total. The van der Waals surface area contributed by atoms with Gasteiger partial charge in [-0.3, -0.25) is 9.69 Å². The van der Waals surface area contributed by atoms with Gasteiger partial charge < -0.3 is 9.32 Å². The van der Waals surface area contributed by atoms with Crippen molar-refractivity contribution in [2.24, 2.45) is 0 Å². The van der Waals surface area contributed by atoms with E-state index in [1.807, 2.05) is 53.4 Å². The van der Waals surface area contributed by atoms with E-state index in [-0.39, 0.29) is 5.91 Å². The molecule has 6 rings (SSSR count). The molecule has 0 radical (unpaired) electrons. The lowest BCUT2D eigenvalue weighted by Crippen LogP contribution is -2.49. The second kappa shape index (κ2) is 10.1. The first-order valence-corrected chi connectivity index (χ1v) is 13.1. The van der Waals surface area contributed by atoms with Gasteiger partial charge in [0.05, 0.1) is 29.1 Å². The standard InChI is InChI=1S/C28H27N5O2S/c34-28(32-14-12-31(13-15-32)11-10-23-9-5-17-36-23)24-18-26(21-6-2-1-3-7-21)30-27-25(24)19-29-33(27)20-22-8-4-16-35-22/h1-9,16-19H,10-15,20H2. The largest absolute Gasteiger partial charge is 0.467 e. The monoisotopic (exact) mass is 497 g/mol. The van der Waals surface area contributed by atoms with E-state index in [2.05, 4.69) is 27.5 Å². The summed E-state index contributed by atoms with van der Waals surface area (Å²) in [7, 11) is 0. The van der Waals surface area contributed by atoms with Gasteiger partial charge >= 0.3 is 0 Å². The molecule has 0 N–H and O–H groups in total. The number of fused-ring (bicyclic) bond motifs is 1. The van der Waals surface area contributed by atoms with Gasteiger partial charge in [0.15, 0.2) is 5.65 Å². The summed E-state index contributed by atoms with van der Waals surface area (Å²) in [6, 6.07) is 20.0. The van der Waals surface area contributed by atoms with Crippen LogP contribution in [0, 0.1) is 0 Å². The number of thiophene rings is 1. The molecule has 0 aliphatic carbocycles. The summed E-state index contributed by atoms with van der Waals surface area (Å²) < 4.78 is 7.33. The molecule has 1 amide bonds. The number of amides is 1. The molecule has 0 unspecified atom stereocenters. The summed E-state index contributed by atoms with van der Waals surface area (Å²) in [5.41, 5.74) is 3.07. The molecule has 1 saturated heterocycles. The highest BCUT2D eigenvalue weighted by molar-refractivity contribution is 7.09. The van der Waals surface area contributed by atoms with Crippen LogP contribution in [0.1, 0.15) is 21.0 Å². The van der Waals surface area contributed by atoms with E-state index in [9.17, 15) is 4.79 Å². The fraction of sp³-hybridized carbons (Fsp3) is 0.250. The van der Waals surface area contributed by atoms with E-state index in [1.54, 1.807) is 28.5 Å². The number of piperazine rings is 1. The molecule has 1 aliphatic rings. The van der Waals surface area contributed by atoms with Crippen LogP contribution in [0.3, 0.4) is 0 Å². The Labute approximate surface area is 213 Å². The van der Waals surface area contributed by atoms with Crippen LogP contribution in [0.25, 0.3) is 22.3 Å². The highest BCUT2D eigenvalue weighted by atomic mass is 32.1. The van der Waals surface area contributed by atoms with Gasteiger partial charge in [-0.1, -0.05) is 36.4 Å². The molecule has 1 fully saturated rings. The summed E-state index contributed by atoms with van der Waals surface area (Å²) in [4.78, 5) is 24.5. The molecular weight excluding hydrogens is 470 g/mol. The van der Waals surface area contributed by atoms with E-state index in [4.69, 9.17) is 9.40 Å². The number of hydrogen-bond donors (Lipinski definition) is 0. The number of carbonyl (C=O) groups excluding carboxylic acids is 1. The molecule has 0 atom stereocenters. The lowest BCUT2D eigenvalue weighted by atomic mass is 10.1. The first kappa shape index (κ1) is 22.7. The Kier molecular flexibility index (Phi) is 6.36. The number of rotatable bonds is 7. The van der Waals surface area contributed by atoms with Crippen molar-refractivity contribution in [2.75, 3.05) is 32.7 Å². The Balaban J connectivity index is 1.26. The molecule has 5 aromatic rings. The fourth-order valence-corrected chi connectivity index (χ4v) is 5.41. The molecular formula is C28H27N5O2S. The maximum absolute atomic E-state index is 13.8. The minimum Gasteiger partial charge on any atom is -0.467 e. The highest BCUT2D eigenvalue weighted by Gasteiger charge is 2.25. The smallest absolute Gasteiger partial charge is 0.254 e. The van der Waals surface area contributed by atoms with Crippen LogP contribution in [0.5, 0.6) is 0 Å². The number of aromatic nitrogens is 3. The second-order valence-electron chi connectivity index (χ2n) is 9.00. The van der Waals surface area contributed by atoms with Gasteiger partial charge in [-0.15, -0.1) is 11.3 Å². The van der Waals surface area contributed by atoms with Crippen LogP contribution in [0.4, 0.5) is 0 Å². The van der Waals surface area contributed by atoms with Crippen molar-refractivity contribution < 1.29 is 9.21 Å². The first-order chi connectivity index (χ1) is 17.7. The van der Waals surface area contributed by atoms with Crippen LogP contribution >= 0.6 is 11.3 Å². The van der Waals surface area contributed by atoms with Crippen molar-refractivity contribution in [3.63, 3.8) is 0 Å². The Bertz CT molecular complexity index is 1440. The summed E-state index contributed by atoms with van der Waals surface area (Å²) in [6.07, 6.45) is 4.47. The van der Waals surface area contributed by atoms with Crippen molar-refractivity contribution in [1.29, 1.82) is 0 Å². The quantitative estimate of drug-likeness (QED) is 0.323. The predicted molar refractivity (Wildman–Crippen MR) is 141 cm³/mol. The average molecular weight is 498 g/mol. The molecule has 5 heterocycles. The zero-order valence-corrected chi connectivity index (χ0v) is 20.7. The molecule has 182 valence electrons. The zero-order valence-electron chi connectivity index (χ0n) is 19.9. The Morgan fingerprint density at radius 1 is 1.00 bits per heavy atom. The van der Waals surface area contributed by atoms with Crippen LogP contribution in [-0.2, 0) is 13.0 Å². The summed E-state index contributed by atoms with van der Waals surface area (Å²) in [5, 5.41) is 7.47. The Hall–Kier alpha value is -3.75. The van der Waals surface area contributed by atoms with Gasteiger partial charge in [-0.05, 0) is 36.1 Å². The minimum absolute atomic E-state index is 0.0371. The number of hydrogen-bond acceptors (Lipinski definition) is 6. The maximum atomic E-state index is 13.8. The lowest BCUT2D eigenvalue weighted by Gasteiger charge is -2.34. The highest BCUT2D eigenvalue weighted by Crippen LogP contribution is 2.27. The van der Waals surface area contributed by atoms with Crippen LogP contribution in [-0.4, -0.2) is 63.2 Å². The molecule has 1 aromatic carbocycles. The molecule has 1 aliphatic heterocycles. The number of furan rings is 1. The van der Waals surface area contributed by atoms with Crippen molar-refractivity contribution in [3.8, 4) is 11.3 Å². The van der Waals surface area contributed by atoms with Crippen LogP contribution in [0.2, 0.25) is 0 Å². The van der Waals surface area contributed by atoms with E-state index < -0.39 is 0 Å². The summed E-state index contributed by atoms with van der Waals surface area (Å²) in [6.45, 7) is 4.68. The molecule has 0 saturated carbocycles. The van der Waals surface area contributed by atoms with Crippen molar-refractivity contribution in [3.05, 3.63) is 94.7 Å². The lowest BCUT2D eigenvalue weighted by molar-refractivity contribution is 0.0640. The number of nitrogens with zero attached hydrogens (tertiary/aromatic N) is 5. The number of pyridine rings is 1. The van der Waals surface area contributed by atoms with E-state index >= 15 is 0 Å². The average Bonchev–Trinajstić information content (AvgIpc) is 3.71. The molecule has 8 heteroatoms. The molecule has 36 heavy (non-hydrogen) atoms. The third-order valence-corrected chi connectivity index (χ3v) is 7.65. The van der Waals surface area contributed by atoms with Gasteiger partial charge in [0.2, 0.25) is 0 Å². The van der Waals surface area contributed by atoms with E-state index in [1.165, 1.54) is 4.88 Å².